The molecular weight excluding hydrogens is 408 g/mol. The van der Waals surface area contributed by atoms with E-state index in [0.29, 0.717) is 21.2 Å². The van der Waals surface area contributed by atoms with Gasteiger partial charge in [-0.2, -0.15) is 0 Å². The molecule has 2 aromatic rings. The molecule has 1 aromatic carbocycles. The van der Waals surface area contributed by atoms with Crippen LogP contribution in [-0.4, -0.2) is 30.3 Å². The Kier molecular flexibility index (Phi) is 6.87. The van der Waals surface area contributed by atoms with Crippen LogP contribution in [0.4, 0.5) is 10.7 Å². The molecule has 0 spiro atoms. The van der Waals surface area contributed by atoms with Gasteiger partial charge in [0.15, 0.2) is 5.11 Å². The molecule has 3 rings (SSSR count). The highest BCUT2D eigenvalue weighted by Crippen LogP contribution is 2.38. The number of carbonyl (C=O) groups excluding carboxylic acids is 2. The fourth-order valence-corrected chi connectivity index (χ4v) is 4.78. The molecule has 0 saturated carbocycles. The van der Waals surface area contributed by atoms with Crippen LogP contribution in [-0.2, 0) is 22.3 Å². The summed E-state index contributed by atoms with van der Waals surface area (Å²) in [6, 6.07) is 6.87. The van der Waals surface area contributed by atoms with Crippen molar-refractivity contribution in [3.8, 4) is 0 Å². The van der Waals surface area contributed by atoms with Crippen molar-refractivity contribution in [1.29, 1.82) is 0 Å². The van der Waals surface area contributed by atoms with Gasteiger partial charge in [0.2, 0.25) is 0 Å². The molecule has 1 aliphatic carbocycles. The first kappa shape index (κ1) is 21.3. The van der Waals surface area contributed by atoms with E-state index >= 15 is 0 Å². The van der Waals surface area contributed by atoms with Gasteiger partial charge in [0.1, 0.15) is 5.00 Å². The zero-order chi connectivity index (χ0) is 21.0. The van der Waals surface area contributed by atoms with Crippen LogP contribution in [0.1, 0.15) is 57.8 Å². The number of nitrogens with one attached hydrogen (secondary N) is 2. The third-order valence-electron chi connectivity index (χ3n) is 4.51. The van der Waals surface area contributed by atoms with Crippen LogP contribution < -0.4 is 10.6 Å². The number of hydrogen-bond donors (Lipinski definition) is 2. The largest absolute Gasteiger partial charge is 0.465 e. The van der Waals surface area contributed by atoms with Crippen molar-refractivity contribution in [2.24, 2.45) is 0 Å². The lowest BCUT2D eigenvalue weighted by Gasteiger charge is -2.13. The number of rotatable bonds is 5. The predicted octanol–water partition coefficient (Wildman–Crippen LogP) is 4.79. The van der Waals surface area contributed by atoms with Gasteiger partial charge >= 0.3 is 11.9 Å². The number of fused-ring (bicyclic) bond motifs is 1. The van der Waals surface area contributed by atoms with E-state index in [4.69, 9.17) is 21.7 Å². The van der Waals surface area contributed by atoms with Crippen molar-refractivity contribution in [2.45, 2.75) is 45.6 Å². The second-order valence-corrected chi connectivity index (χ2v) is 8.53. The topological polar surface area (TPSA) is 76.7 Å². The van der Waals surface area contributed by atoms with E-state index in [9.17, 15) is 9.59 Å². The van der Waals surface area contributed by atoms with Crippen molar-refractivity contribution in [3.63, 3.8) is 0 Å². The van der Waals surface area contributed by atoms with Crippen molar-refractivity contribution < 1.29 is 19.1 Å². The number of methoxy groups -OCH3 is 1. The lowest BCUT2D eigenvalue weighted by Crippen LogP contribution is -2.20. The van der Waals surface area contributed by atoms with E-state index < -0.39 is 0 Å². The number of benzene rings is 1. The molecule has 8 heteroatoms. The maximum Gasteiger partial charge on any atom is 0.341 e. The second-order valence-electron chi connectivity index (χ2n) is 7.02. The highest BCUT2D eigenvalue weighted by Gasteiger charge is 2.26. The van der Waals surface area contributed by atoms with Crippen LogP contribution in [0.2, 0.25) is 0 Å². The monoisotopic (exact) mass is 432 g/mol. The summed E-state index contributed by atoms with van der Waals surface area (Å²) in [4.78, 5) is 25.5. The molecule has 0 bridgehead atoms. The van der Waals surface area contributed by atoms with Crippen molar-refractivity contribution in [1.82, 2.24) is 0 Å². The molecule has 0 amide bonds. The molecule has 0 atom stereocenters. The van der Waals surface area contributed by atoms with Crippen LogP contribution in [0.5, 0.6) is 0 Å². The number of carbonyl (C=O) groups is 2. The Morgan fingerprint density at radius 1 is 1.07 bits per heavy atom. The van der Waals surface area contributed by atoms with Gasteiger partial charge < -0.3 is 20.1 Å². The molecule has 0 aliphatic heterocycles. The maximum atomic E-state index is 12.3. The number of aryl methyl sites for hydroxylation is 1. The van der Waals surface area contributed by atoms with Crippen LogP contribution in [0.15, 0.2) is 24.3 Å². The van der Waals surface area contributed by atoms with E-state index in [-0.39, 0.29) is 18.0 Å². The minimum Gasteiger partial charge on any atom is -0.465 e. The summed E-state index contributed by atoms with van der Waals surface area (Å²) < 4.78 is 10.2. The molecule has 1 heterocycles. The van der Waals surface area contributed by atoms with Crippen LogP contribution in [0, 0.1) is 0 Å². The Balaban J connectivity index is 1.70. The highest BCUT2D eigenvalue weighted by molar-refractivity contribution is 7.80. The Morgan fingerprint density at radius 2 is 1.76 bits per heavy atom. The smallest absolute Gasteiger partial charge is 0.341 e. The summed E-state index contributed by atoms with van der Waals surface area (Å²) in [5, 5.41) is 7.30. The number of thiocarbonyl (C=S) groups is 1. The van der Waals surface area contributed by atoms with Gasteiger partial charge in [0, 0.05) is 10.6 Å². The van der Waals surface area contributed by atoms with E-state index in [1.807, 2.05) is 13.8 Å². The Hall–Kier alpha value is -2.45. The lowest BCUT2D eigenvalue weighted by molar-refractivity contribution is 0.0377. The lowest BCUT2D eigenvalue weighted by atomic mass is 9.95. The molecule has 1 aromatic heterocycles. The minimum atomic E-state index is -0.362. The molecule has 1 aliphatic rings. The van der Waals surface area contributed by atoms with Crippen LogP contribution >= 0.6 is 23.6 Å². The van der Waals surface area contributed by atoms with Gasteiger partial charge in [-0.15, -0.1) is 11.3 Å². The normalized spacial score (nSPS) is 12.8. The number of esters is 2. The average molecular weight is 433 g/mol. The zero-order valence-corrected chi connectivity index (χ0v) is 18.3. The minimum absolute atomic E-state index is 0.169. The first-order valence-corrected chi connectivity index (χ1v) is 10.7. The molecule has 0 unspecified atom stereocenters. The molecular formula is C21H24N2O4S2. The van der Waals surface area contributed by atoms with Gasteiger partial charge in [-0.1, -0.05) is 0 Å². The maximum absolute atomic E-state index is 12.3. The molecule has 0 radical (unpaired) electrons. The molecule has 29 heavy (non-hydrogen) atoms. The highest BCUT2D eigenvalue weighted by atomic mass is 32.1. The predicted molar refractivity (Wildman–Crippen MR) is 119 cm³/mol. The van der Waals surface area contributed by atoms with Gasteiger partial charge in [-0.05, 0) is 81.6 Å². The fraction of sp³-hybridized carbons (Fsp3) is 0.381. The molecule has 6 nitrogen and oxygen atoms in total. The summed E-state index contributed by atoms with van der Waals surface area (Å²) in [5.41, 5.74) is 2.86. The third-order valence-corrected chi connectivity index (χ3v) is 5.92. The Labute approximate surface area is 179 Å². The third kappa shape index (κ3) is 5.13. The van der Waals surface area contributed by atoms with E-state index in [0.717, 1.165) is 36.9 Å². The number of ether oxygens (including phenoxy) is 2. The quantitative estimate of drug-likeness (QED) is 0.520. The molecule has 2 N–H and O–H groups in total. The fourth-order valence-electron chi connectivity index (χ4n) is 3.21. The molecule has 154 valence electrons. The van der Waals surface area contributed by atoms with E-state index in [2.05, 4.69) is 10.6 Å². The first-order valence-electron chi connectivity index (χ1n) is 9.51. The standard InChI is InChI=1S/C21H24N2O4S2/c1-12(2)27-19(24)13-8-10-14(11-9-13)22-21(28)23-18-17(20(25)26-3)15-6-4-5-7-16(15)29-18/h8-12H,4-7H2,1-3H3,(H2,22,23,28). The number of anilines is 2. The zero-order valence-electron chi connectivity index (χ0n) is 16.7. The van der Waals surface area contributed by atoms with Crippen LogP contribution in [0.3, 0.4) is 0 Å². The SMILES string of the molecule is COC(=O)c1c(NC(=S)Nc2ccc(C(=O)OC(C)C)cc2)sc2c1CCCC2. The first-order chi connectivity index (χ1) is 13.9. The van der Waals surface area contributed by atoms with Gasteiger partial charge in [-0.3, -0.25) is 0 Å². The van der Waals surface area contributed by atoms with Crippen molar-refractivity contribution in [2.75, 3.05) is 17.7 Å². The van der Waals surface area contributed by atoms with Gasteiger partial charge in [0.05, 0.1) is 24.3 Å². The summed E-state index contributed by atoms with van der Waals surface area (Å²) in [5.74, 6) is -0.707. The summed E-state index contributed by atoms with van der Waals surface area (Å²) in [7, 11) is 1.39. The molecule has 0 saturated heterocycles. The summed E-state index contributed by atoms with van der Waals surface area (Å²) >= 11 is 6.98. The summed E-state index contributed by atoms with van der Waals surface area (Å²) in [6.45, 7) is 3.62. The molecule has 0 fully saturated rings. The van der Waals surface area contributed by atoms with Gasteiger partial charge in [0.25, 0.3) is 0 Å². The van der Waals surface area contributed by atoms with Gasteiger partial charge in [-0.25, -0.2) is 9.59 Å². The van der Waals surface area contributed by atoms with Crippen molar-refractivity contribution in [3.05, 3.63) is 45.8 Å². The second kappa shape index (κ2) is 9.37. The number of hydrogen-bond acceptors (Lipinski definition) is 6. The average Bonchev–Trinajstić information content (AvgIpc) is 3.05. The van der Waals surface area contributed by atoms with Crippen LogP contribution in [0.25, 0.3) is 0 Å². The van der Waals surface area contributed by atoms with Crippen molar-refractivity contribution >= 4 is 51.3 Å². The Bertz CT molecular complexity index is 920. The number of thiophene rings is 1. The van der Waals surface area contributed by atoms with E-state index in [1.165, 1.54) is 12.0 Å². The van der Waals surface area contributed by atoms with E-state index in [1.54, 1.807) is 35.6 Å². The Morgan fingerprint density at radius 3 is 2.41 bits per heavy atom. The summed E-state index contributed by atoms with van der Waals surface area (Å²) in [6.07, 6.45) is 3.88.